The Kier molecular flexibility index (Phi) is 22.6. The number of aromatic nitrogens is 6. The Morgan fingerprint density at radius 2 is 0.855 bits per heavy atom. The minimum absolute atomic E-state index is 0.0718. The van der Waals surface area contributed by atoms with Crippen LogP contribution in [0.1, 0.15) is 89.5 Å². The molecule has 25 nitrogen and oxygen atoms in total. The fourth-order valence-electron chi connectivity index (χ4n) is 8.73. The van der Waals surface area contributed by atoms with Crippen LogP contribution in [-0.2, 0) is 76.2 Å². The van der Waals surface area contributed by atoms with Gasteiger partial charge in [0.2, 0.25) is 36.2 Å². The van der Waals surface area contributed by atoms with Crippen LogP contribution < -0.4 is 14.2 Å². The second-order valence-electron chi connectivity index (χ2n) is 18.8. The van der Waals surface area contributed by atoms with Crippen molar-refractivity contribution in [2.24, 2.45) is 23.7 Å². The average Bonchev–Trinajstić information content (AvgIpc) is 2.46. The number of halogens is 7. The van der Waals surface area contributed by atoms with Crippen molar-refractivity contribution in [1.29, 1.82) is 0 Å². The molecule has 0 aromatic carbocycles. The first-order valence-corrected chi connectivity index (χ1v) is 28.5. The molecule has 83 heavy (non-hydrogen) atoms. The Hall–Kier alpha value is -5.51. The van der Waals surface area contributed by atoms with E-state index in [0.717, 1.165) is 41.5 Å². The summed E-state index contributed by atoms with van der Waals surface area (Å²) in [6.07, 6.45) is -11.3. The maximum Gasteiger partial charge on any atom is 0.481 e. The maximum atomic E-state index is 16.4. The molecule has 2 saturated heterocycles. The van der Waals surface area contributed by atoms with E-state index in [0.29, 0.717) is 35.3 Å². The Labute approximate surface area is 497 Å². The molecule has 35 heteroatoms. The highest BCUT2D eigenvalue weighted by Gasteiger charge is 2.55. The largest absolute Gasteiger partial charge is 0.481 e. The molecular weight excluding hydrogens is 1240 g/mol. The van der Waals surface area contributed by atoms with Gasteiger partial charge in [-0.15, -0.1) is 0 Å². The number of carbonyl (C=O) groups is 7. The lowest BCUT2D eigenvalue weighted by atomic mass is 9.72. The van der Waals surface area contributed by atoms with Gasteiger partial charge >= 0.3 is 65.1 Å². The summed E-state index contributed by atoms with van der Waals surface area (Å²) < 4.78 is 132. The van der Waals surface area contributed by atoms with Gasteiger partial charge in [0.15, 0.2) is 29.4 Å². The molecule has 1 aliphatic carbocycles. The zero-order valence-electron chi connectivity index (χ0n) is 45.7. The molecule has 16 atom stereocenters. The van der Waals surface area contributed by atoms with Gasteiger partial charge in [0, 0.05) is 59.6 Å². The third-order valence-electron chi connectivity index (χ3n) is 12.6. The molecule has 6 rings (SSSR count). The molecule has 0 bridgehead atoms. The Bertz CT molecular complexity index is 2950. The highest BCUT2D eigenvalue weighted by molar-refractivity contribution is 8.01. The summed E-state index contributed by atoms with van der Waals surface area (Å²) >= 11 is 20.2. The first kappa shape index (κ1) is 66.6. The van der Waals surface area contributed by atoms with Crippen LogP contribution in [0.4, 0.5) is 17.6 Å². The Balaban J connectivity index is 1.54. The van der Waals surface area contributed by atoms with Crippen LogP contribution in [0.3, 0.4) is 0 Å². The van der Waals surface area contributed by atoms with Crippen molar-refractivity contribution in [3.8, 4) is 18.0 Å². The molecule has 3 aromatic rings. The fourth-order valence-corrected chi connectivity index (χ4v) is 12.9. The maximum absolute atomic E-state index is 16.4. The third-order valence-corrected chi connectivity index (χ3v) is 17.7. The van der Waals surface area contributed by atoms with Crippen LogP contribution in [0.15, 0.2) is 10.1 Å². The van der Waals surface area contributed by atoms with E-state index >= 15 is 17.6 Å². The quantitative estimate of drug-likeness (QED) is 0.0368. The molecule has 2 aliphatic heterocycles. The molecule has 456 valence electrons. The summed E-state index contributed by atoms with van der Waals surface area (Å²) in [5.74, 6) is -14.7. The minimum atomic E-state index is -3.27. The van der Waals surface area contributed by atoms with E-state index in [-0.39, 0.29) is 18.3 Å². The predicted molar refractivity (Wildman–Crippen MR) is 278 cm³/mol. The highest BCUT2D eigenvalue weighted by Crippen LogP contribution is 2.49. The lowest BCUT2D eigenvalue weighted by Crippen LogP contribution is -2.59. The molecule has 0 N–H and O–H groups in total. The van der Waals surface area contributed by atoms with Gasteiger partial charge in [-0.25, -0.2) is 0 Å². The minimum Gasteiger partial charge on any atom is -0.462 e. The fraction of sp³-hybridized carbons (Fsp3) is 0.604. The molecule has 16 unspecified atom stereocenters. The smallest absolute Gasteiger partial charge is 0.462 e. The number of esters is 7. The van der Waals surface area contributed by atoms with Crippen LogP contribution in [0.2, 0.25) is 15.1 Å². The van der Waals surface area contributed by atoms with E-state index in [9.17, 15) is 33.6 Å². The first-order valence-electron chi connectivity index (χ1n) is 24.7. The van der Waals surface area contributed by atoms with Crippen LogP contribution in [-0.4, -0.2) is 142 Å². The van der Waals surface area contributed by atoms with Crippen molar-refractivity contribution in [2.45, 2.75) is 170 Å². The van der Waals surface area contributed by atoms with Crippen molar-refractivity contribution >= 4 is 112 Å². The van der Waals surface area contributed by atoms with E-state index in [2.05, 4.69) is 29.9 Å². The number of ether oxygens (including phenoxy) is 12. The summed E-state index contributed by atoms with van der Waals surface area (Å²) in [6.45, 7) is 15.6. The second-order valence-corrected chi connectivity index (χ2v) is 23.5. The van der Waals surface area contributed by atoms with Gasteiger partial charge in [0.05, 0.1) is 6.10 Å². The van der Waals surface area contributed by atoms with Crippen LogP contribution >= 0.6 is 70.1 Å². The number of rotatable bonds is 19. The van der Waals surface area contributed by atoms with Gasteiger partial charge < -0.3 is 56.8 Å². The van der Waals surface area contributed by atoms with Gasteiger partial charge in [0.1, 0.15) is 37.1 Å². The van der Waals surface area contributed by atoms with Crippen molar-refractivity contribution in [3.63, 3.8) is 0 Å². The Morgan fingerprint density at radius 1 is 0.458 bits per heavy atom. The lowest BCUT2D eigenvalue weighted by Gasteiger charge is -2.44. The molecule has 0 amide bonds. The molecule has 3 fully saturated rings. The molecule has 3 aromatic heterocycles. The normalized spacial score (nSPS) is 28.5. The number of carbonyl (C=O) groups excluding carboxylic acids is 7. The Morgan fingerprint density at radius 3 is 1.33 bits per heavy atom. The van der Waals surface area contributed by atoms with Crippen LogP contribution in [0, 0.1) is 47.5 Å². The average molecular weight is 1300 g/mol. The van der Waals surface area contributed by atoms with E-state index < -0.39 is 191 Å². The van der Waals surface area contributed by atoms with Gasteiger partial charge in [-0.3, -0.25) is 33.6 Å². The third kappa shape index (κ3) is 16.9. The van der Waals surface area contributed by atoms with E-state index in [1.54, 1.807) is 6.92 Å². The van der Waals surface area contributed by atoms with Crippen molar-refractivity contribution < 1.29 is 108 Å². The number of thioether (sulfide) groups is 3. The van der Waals surface area contributed by atoms with Gasteiger partial charge in [0.25, 0.3) is 0 Å². The number of nitrogens with zero attached hydrogens (tertiary/aromatic N) is 6. The van der Waals surface area contributed by atoms with E-state index in [1.165, 1.54) is 20.8 Å². The van der Waals surface area contributed by atoms with E-state index in [4.69, 9.17) is 91.6 Å². The SMILES string of the molecule is CC(=O)OC1CC(SC(Oc2nc(F)c(Cl)c(F)n2)(Oc2nc(F)c(Cl)c(SC3OC(OC(C)=O)C(OC(C)=O)C(OC(C)=O)C3C)n2)Oc2nc(F)c(Cl)c(SC3OC(C)C(OC(C)=O)C(OC(C)=O)C3OC(C)=O)n2)C(C)C(C)C1C. The monoisotopic (exact) mass is 1290 g/mol. The first-order chi connectivity index (χ1) is 38.8. The number of hydrogen-bond donors (Lipinski definition) is 0. The molecule has 0 radical (unpaired) electrons. The summed E-state index contributed by atoms with van der Waals surface area (Å²) in [5.41, 5.74) is -2.91. The van der Waals surface area contributed by atoms with Crippen molar-refractivity contribution in [2.75, 3.05) is 0 Å². The highest BCUT2D eigenvalue weighted by atomic mass is 35.5. The molecule has 5 heterocycles. The van der Waals surface area contributed by atoms with Crippen LogP contribution in [0.25, 0.3) is 0 Å². The number of hydrogen-bond acceptors (Lipinski definition) is 28. The second kappa shape index (κ2) is 28.1. The summed E-state index contributed by atoms with van der Waals surface area (Å²) in [5, 5.41) is -8.18. The summed E-state index contributed by atoms with van der Waals surface area (Å²) in [6, 6.07) is -3.49. The molecule has 3 aliphatic rings. The summed E-state index contributed by atoms with van der Waals surface area (Å²) in [7, 11) is 0. The van der Waals surface area contributed by atoms with Crippen molar-refractivity contribution in [3.05, 3.63) is 38.9 Å². The molecule has 1 saturated carbocycles. The zero-order valence-corrected chi connectivity index (χ0v) is 50.4. The molecular formula is C48H53Cl3F4N6O19S3. The van der Waals surface area contributed by atoms with Gasteiger partial charge in [-0.05, 0) is 42.9 Å². The van der Waals surface area contributed by atoms with Gasteiger partial charge in [-0.1, -0.05) is 86.0 Å². The summed E-state index contributed by atoms with van der Waals surface area (Å²) in [4.78, 5) is 110. The van der Waals surface area contributed by atoms with E-state index in [1.807, 2.05) is 13.8 Å². The van der Waals surface area contributed by atoms with Gasteiger partial charge in [-0.2, -0.15) is 47.5 Å². The predicted octanol–water partition coefficient (Wildman–Crippen LogP) is 7.54. The standard InChI is InChI=1S/C48H53Cl3F4N6O19S3/c1-14-15(2)26(70-19(6)62)13-27(16(14)3)83-48(78-45-56-36(52)28(49)37(53)57-45,79-46-58-38(54)29(50)40(60-46)81-43-17(4)31(71-20(7)63)34(74-23(10)66)42(77-43)76-25(12)68)80-47-59-39(55)30(51)41(61-47)82-44-35(75-24(11)67)33(73-22(9)65)32(18(5)69-44)72-21(8)64/h14-18,26-27,31-35,42-44H,13H2,1-12H3. The lowest BCUT2D eigenvalue weighted by molar-refractivity contribution is -0.266. The van der Waals surface area contributed by atoms with Crippen molar-refractivity contribution in [1.82, 2.24) is 29.9 Å². The van der Waals surface area contributed by atoms with Crippen LogP contribution in [0.5, 0.6) is 18.0 Å². The zero-order chi connectivity index (χ0) is 61.7. The topological polar surface area (TPSA) is 308 Å². The molecule has 0 spiro atoms.